The lowest BCUT2D eigenvalue weighted by molar-refractivity contribution is -0.127. The largest absolute Gasteiger partial charge is 0.462 e. The van der Waals surface area contributed by atoms with E-state index >= 15 is 0 Å². The Morgan fingerprint density at radius 1 is 1.12 bits per heavy atom. The van der Waals surface area contributed by atoms with E-state index < -0.39 is 16.0 Å². The highest BCUT2D eigenvalue weighted by Gasteiger charge is 2.37. The zero-order valence-electron chi connectivity index (χ0n) is 20.0. The Labute approximate surface area is 201 Å². The molecule has 4 rings (SSSR count). The van der Waals surface area contributed by atoms with Gasteiger partial charge in [-0.25, -0.2) is 13.2 Å². The molecule has 9 heteroatoms. The summed E-state index contributed by atoms with van der Waals surface area (Å²) in [6.45, 7) is 5.61. The zero-order valence-corrected chi connectivity index (χ0v) is 20.8. The summed E-state index contributed by atoms with van der Waals surface area (Å²) < 4.78 is 33.4. The zero-order chi connectivity index (χ0) is 24.5. The van der Waals surface area contributed by atoms with Gasteiger partial charge in [0.1, 0.15) is 10.5 Å². The van der Waals surface area contributed by atoms with E-state index in [0.29, 0.717) is 24.2 Å². The second-order valence-electron chi connectivity index (χ2n) is 9.13. The quantitative estimate of drug-likeness (QED) is 0.607. The molecule has 8 nitrogen and oxygen atoms in total. The van der Waals surface area contributed by atoms with Crippen LogP contribution in [0, 0.1) is 19.8 Å². The van der Waals surface area contributed by atoms with Crippen molar-refractivity contribution in [1.29, 1.82) is 0 Å². The number of amides is 1. The highest BCUT2D eigenvalue weighted by Crippen LogP contribution is 2.32. The van der Waals surface area contributed by atoms with Gasteiger partial charge < -0.3 is 15.0 Å². The number of hydrogen-bond acceptors (Lipinski definition) is 5. The van der Waals surface area contributed by atoms with E-state index in [2.05, 4.69) is 22.4 Å². The summed E-state index contributed by atoms with van der Waals surface area (Å²) >= 11 is 0. The second kappa shape index (κ2) is 9.92. The molecule has 184 valence electrons. The second-order valence-corrected chi connectivity index (χ2v) is 11.0. The van der Waals surface area contributed by atoms with Gasteiger partial charge >= 0.3 is 5.97 Å². The van der Waals surface area contributed by atoms with Gasteiger partial charge in [0.25, 0.3) is 0 Å². The van der Waals surface area contributed by atoms with E-state index in [4.69, 9.17) is 4.74 Å². The molecule has 0 saturated carbocycles. The third kappa shape index (κ3) is 4.63. The summed E-state index contributed by atoms with van der Waals surface area (Å²) in [4.78, 5) is 28.4. The number of aryl methyl sites for hydroxylation is 3. The molecule has 1 aliphatic heterocycles. The predicted molar refractivity (Wildman–Crippen MR) is 128 cm³/mol. The number of hydrogen-bond donors (Lipinski definition) is 2. The third-order valence-electron chi connectivity index (χ3n) is 6.91. The fourth-order valence-corrected chi connectivity index (χ4v) is 7.09. The van der Waals surface area contributed by atoms with Crippen LogP contribution in [-0.4, -0.2) is 49.3 Å². The molecule has 1 atom stereocenters. The first kappa shape index (κ1) is 24.5. The van der Waals surface area contributed by atoms with Crippen molar-refractivity contribution in [1.82, 2.24) is 14.6 Å². The maximum absolute atomic E-state index is 13.5. The van der Waals surface area contributed by atoms with Crippen LogP contribution >= 0.6 is 0 Å². The first-order valence-electron chi connectivity index (χ1n) is 12.0. The van der Waals surface area contributed by atoms with Crippen molar-refractivity contribution in [2.24, 2.45) is 5.92 Å². The summed E-state index contributed by atoms with van der Waals surface area (Å²) in [5.41, 5.74) is 3.42. The van der Waals surface area contributed by atoms with Crippen molar-refractivity contribution < 1.29 is 22.7 Å². The van der Waals surface area contributed by atoms with Gasteiger partial charge in [-0.05, 0) is 64.0 Å². The Balaban J connectivity index is 1.44. The molecule has 34 heavy (non-hydrogen) atoms. The number of ether oxygens (including phenoxy) is 1. The fraction of sp³-hybridized carbons (Fsp3) is 0.520. The van der Waals surface area contributed by atoms with E-state index in [0.717, 1.165) is 19.3 Å². The van der Waals surface area contributed by atoms with Gasteiger partial charge in [-0.2, -0.15) is 4.31 Å². The highest BCUT2D eigenvalue weighted by atomic mass is 32.2. The van der Waals surface area contributed by atoms with Crippen LogP contribution in [0.1, 0.15) is 71.5 Å². The first-order valence-corrected chi connectivity index (χ1v) is 13.4. The van der Waals surface area contributed by atoms with Crippen LogP contribution in [0.2, 0.25) is 0 Å². The van der Waals surface area contributed by atoms with Gasteiger partial charge in [-0.3, -0.25) is 4.79 Å². The number of aromatic amines is 1. The van der Waals surface area contributed by atoms with Gasteiger partial charge in [0.05, 0.1) is 12.6 Å². The van der Waals surface area contributed by atoms with Crippen LogP contribution in [0.5, 0.6) is 0 Å². The minimum absolute atomic E-state index is 0.0110. The summed E-state index contributed by atoms with van der Waals surface area (Å²) in [5.74, 6) is -0.899. The molecular weight excluding hydrogens is 454 g/mol. The lowest BCUT2D eigenvalue weighted by Crippen LogP contribution is -2.44. The van der Waals surface area contributed by atoms with Crippen LogP contribution in [-0.2, 0) is 26.0 Å². The molecule has 2 aromatic rings. The molecule has 1 amide bonds. The van der Waals surface area contributed by atoms with Gasteiger partial charge in [0.15, 0.2) is 0 Å². The average molecular weight is 488 g/mol. The molecule has 1 unspecified atom stereocenters. The van der Waals surface area contributed by atoms with Crippen molar-refractivity contribution in [3.05, 3.63) is 52.3 Å². The summed E-state index contributed by atoms with van der Waals surface area (Å²) in [6, 6.07) is 8.24. The Morgan fingerprint density at radius 2 is 1.82 bits per heavy atom. The topological polar surface area (TPSA) is 109 Å². The van der Waals surface area contributed by atoms with E-state index in [1.807, 2.05) is 12.1 Å². The SMILES string of the molecule is CCOC(=O)c1c(C)[nH]c(C)c1S(=O)(=O)N1CCC(C(=O)NC2CCCc3ccccc32)CC1. The molecule has 0 radical (unpaired) electrons. The number of rotatable bonds is 6. The standard InChI is InChI=1S/C25H33N3O5S/c1-4-33-25(30)22-16(2)26-17(3)23(22)34(31,32)28-14-12-19(13-15-28)24(29)27-21-11-7-9-18-8-5-6-10-20(18)21/h5-6,8,10,19,21,26H,4,7,9,11-15H2,1-3H3,(H,27,29). The third-order valence-corrected chi connectivity index (χ3v) is 8.98. The van der Waals surface area contributed by atoms with Crippen LogP contribution in [0.3, 0.4) is 0 Å². The number of piperidine rings is 1. The van der Waals surface area contributed by atoms with E-state index in [1.54, 1.807) is 20.8 Å². The minimum atomic E-state index is -3.91. The number of benzene rings is 1. The average Bonchev–Trinajstić information content (AvgIpc) is 3.14. The molecule has 1 fully saturated rings. The lowest BCUT2D eigenvalue weighted by atomic mass is 9.87. The normalized spacial score (nSPS) is 19.4. The van der Waals surface area contributed by atoms with Crippen molar-refractivity contribution in [3.8, 4) is 0 Å². The minimum Gasteiger partial charge on any atom is -0.462 e. The molecule has 1 aromatic carbocycles. The van der Waals surface area contributed by atoms with Crippen LogP contribution in [0.25, 0.3) is 0 Å². The maximum atomic E-state index is 13.5. The number of sulfonamides is 1. The number of H-pyrrole nitrogens is 1. The molecule has 1 saturated heterocycles. The van der Waals surface area contributed by atoms with E-state index in [9.17, 15) is 18.0 Å². The van der Waals surface area contributed by atoms with Crippen molar-refractivity contribution in [3.63, 3.8) is 0 Å². The van der Waals surface area contributed by atoms with Crippen molar-refractivity contribution in [2.45, 2.75) is 63.8 Å². The fourth-order valence-electron chi connectivity index (χ4n) is 5.21. The number of aromatic nitrogens is 1. The number of nitrogens with zero attached hydrogens (tertiary/aromatic N) is 1. The van der Waals surface area contributed by atoms with Gasteiger partial charge in [0, 0.05) is 30.4 Å². The highest BCUT2D eigenvalue weighted by molar-refractivity contribution is 7.89. The Morgan fingerprint density at radius 3 is 2.53 bits per heavy atom. The monoisotopic (exact) mass is 487 g/mol. The van der Waals surface area contributed by atoms with Gasteiger partial charge in [-0.15, -0.1) is 0 Å². The molecule has 0 spiro atoms. The Bertz CT molecular complexity index is 1180. The number of fused-ring (bicyclic) bond motifs is 1. The summed E-state index contributed by atoms with van der Waals surface area (Å²) in [7, 11) is -3.91. The van der Waals surface area contributed by atoms with E-state index in [1.165, 1.54) is 15.4 Å². The molecule has 2 heterocycles. The van der Waals surface area contributed by atoms with Crippen LogP contribution < -0.4 is 5.32 Å². The predicted octanol–water partition coefficient (Wildman–Crippen LogP) is 3.40. The summed E-state index contributed by atoms with van der Waals surface area (Å²) in [6.07, 6.45) is 3.87. The molecule has 0 bridgehead atoms. The molecular formula is C25H33N3O5S. The number of esters is 1. The Kier molecular flexibility index (Phi) is 7.14. The van der Waals surface area contributed by atoms with Crippen molar-refractivity contribution in [2.75, 3.05) is 19.7 Å². The maximum Gasteiger partial charge on any atom is 0.341 e. The Hall–Kier alpha value is -2.65. The van der Waals surface area contributed by atoms with Gasteiger partial charge in [0.2, 0.25) is 15.9 Å². The van der Waals surface area contributed by atoms with Crippen molar-refractivity contribution >= 4 is 21.9 Å². The number of carbonyl (C=O) groups excluding carboxylic acids is 2. The summed E-state index contributed by atoms with van der Waals surface area (Å²) in [5, 5.41) is 3.21. The molecule has 2 N–H and O–H groups in total. The molecule has 1 aliphatic carbocycles. The molecule has 2 aliphatic rings. The van der Waals surface area contributed by atoms with Crippen LogP contribution in [0.15, 0.2) is 29.2 Å². The first-order chi connectivity index (χ1) is 16.2. The number of nitrogens with one attached hydrogen (secondary N) is 2. The molecule has 1 aromatic heterocycles. The van der Waals surface area contributed by atoms with Crippen LogP contribution in [0.4, 0.5) is 0 Å². The number of carbonyl (C=O) groups is 2. The lowest BCUT2D eigenvalue weighted by Gasteiger charge is -2.33. The van der Waals surface area contributed by atoms with E-state index in [-0.39, 0.29) is 48.0 Å². The smallest absolute Gasteiger partial charge is 0.341 e. The van der Waals surface area contributed by atoms with Gasteiger partial charge in [-0.1, -0.05) is 24.3 Å².